The molecule has 8 atom stereocenters. The molecule has 10 nitrogen and oxygen atoms in total. The van der Waals surface area contributed by atoms with E-state index in [4.69, 9.17) is 9.47 Å². The average Bonchev–Trinajstić information content (AvgIpc) is 3.39. The van der Waals surface area contributed by atoms with Crippen LogP contribution in [0.2, 0.25) is 0 Å². The van der Waals surface area contributed by atoms with E-state index < -0.39 is 55.6 Å². The molecule has 0 aromatic heterocycles. The van der Waals surface area contributed by atoms with Crippen LogP contribution in [0, 0.1) is 0 Å². The number of carbonyl (C=O) groups is 1. The standard InChI is InChI=1S/C63H125NO9/c1-3-5-7-9-11-13-15-17-19-20-21-22-23-24-25-26-27-28-29-30-31-32-33-34-35-36-38-40-42-44-46-48-50-52-58(67)64-55(54-72-63-62(71)61(70)60(69)57(53-65)73-63)59(68)56(66)51-49-47-45-43-41-39-37-18-16-14-12-10-8-6-4-2/h55-57,59-63,65-66,68-71H,3-54H2,1-2H3,(H,64,67)/t55-,56+,57+,59-,60+,61?,62?,63+/m0/s1. The molecule has 0 aromatic rings. The third-order valence-electron chi connectivity index (χ3n) is 16.1. The molecule has 1 fully saturated rings. The van der Waals surface area contributed by atoms with E-state index in [1.54, 1.807) is 0 Å². The largest absolute Gasteiger partial charge is 0.394 e. The van der Waals surface area contributed by atoms with Gasteiger partial charge < -0.3 is 45.4 Å². The molecule has 1 rings (SSSR count). The number of nitrogens with one attached hydrogen (secondary N) is 1. The average molecular weight is 1040 g/mol. The zero-order chi connectivity index (χ0) is 53.1. The first-order chi connectivity index (χ1) is 35.8. The molecule has 0 radical (unpaired) electrons. The molecule has 10 heteroatoms. The molecule has 73 heavy (non-hydrogen) atoms. The number of aliphatic hydroxyl groups excluding tert-OH is 6. The third-order valence-corrected chi connectivity index (χ3v) is 16.1. The maximum atomic E-state index is 13.1. The second-order valence-electron chi connectivity index (χ2n) is 23.1. The predicted octanol–water partition coefficient (Wildman–Crippen LogP) is 15.6. The number of unbranched alkanes of at least 4 members (excludes halogenated alkanes) is 46. The van der Waals surface area contributed by atoms with Gasteiger partial charge in [0.25, 0.3) is 0 Å². The number of amides is 1. The van der Waals surface area contributed by atoms with Gasteiger partial charge in [-0.05, 0) is 12.8 Å². The maximum absolute atomic E-state index is 13.1. The van der Waals surface area contributed by atoms with E-state index in [1.807, 2.05) is 0 Å². The summed E-state index contributed by atoms with van der Waals surface area (Å²) < 4.78 is 11.2. The summed E-state index contributed by atoms with van der Waals surface area (Å²) in [6, 6.07) is -0.987. The Hall–Kier alpha value is -0.850. The fourth-order valence-corrected chi connectivity index (χ4v) is 10.9. The molecule has 2 unspecified atom stereocenters. The molecule has 7 N–H and O–H groups in total. The van der Waals surface area contributed by atoms with Crippen LogP contribution in [0.4, 0.5) is 0 Å². The van der Waals surface area contributed by atoms with E-state index in [2.05, 4.69) is 19.2 Å². The summed E-state index contributed by atoms with van der Waals surface area (Å²) >= 11 is 0. The van der Waals surface area contributed by atoms with Gasteiger partial charge in [0.15, 0.2) is 6.29 Å². The Balaban J connectivity index is 2.11. The van der Waals surface area contributed by atoms with E-state index >= 15 is 0 Å². The van der Waals surface area contributed by atoms with Gasteiger partial charge in [-0.2, -0.15) is 0 Å². The van der Waals surface area contributed by atoms with Crippen LogP contribution in [-0.2, 0) is 14.3 Å². The monoisotopic (exact) mass is 1040 g/mol. The number of ether oxygens (including phenoxy) is 2. The minimum Gasteiger partial charge on any atom is -0.394 e. The van der Waals surface area contributed by atoms with Crippen LogP contribution in [-0.4, -0.2) is 98.7 Å². The van der Waals surface area contributed by atoms with Crippen molar-refractivity contribution in [3.8, 4) is 0 Å². The van der Waals surface area contributed by atoms with Crippen molar-refractivity contribution in [3.05, 3.63) is 0 Å². The summed E-state index contributed by atoms with van der Waals surface area (Å²) in [7, 11) is 0. The lowest BCUT2D eigenvalue weighted by atomic mass is 9.98. The van der Waals surface area contributed by atoms with Gasteiger partial charge in [-0.3, -0.25) is 4.79 Å². The predicted molar refractivity (Wildman–Crippen MR) is 306 cm³/mol. The van der Waals surface area contributed by atoms with Gasteiger partial charge in [0, 0.05) is 6.42 Å². The van der Waals surface area contributed by atoms with E-state index in [-0.39, 0.29) is 18.9 Å². The van der Waals surface area contributed by atoms with Crippen molar-refractivity contribution in [3.63, 3.8) is 0 Å². The number of hydrogen-bond acceptors (Lipinski definition) is 9. The fraction of sp³-hybridized carbons (Fsp3) is 0.984. The van der Waals surface area contributed by atoms with Crippen molar-refractivity contribution >= 4 is 5.91 Å². The van der Waals surface area contributed by atoms with E-state index in [1.165, 1.54) is 270 Å². The molecule has 0 bridgehead atoms. The first kappa shape index (κ1) is 70.2. The van der Waals surface area contributed by atoms with Crippen LogP contribution in [0.5, 0.6) is 0 Å². The van der Waals surface area contributed by atoms with Gasteiger partial charge in [0.05, 0.1) is 25.4 Å². The highest BCUT2D eigenvalue weighted by molar-refractivity contribution is 5.76. The minimum absolute atomic E-state index is 0.249. The van der Waals surface area contributed by atoms with Crippen LogP contribution in [0.25, 0.3) is 0 Å². The van der Waals surface area contributed by atoms with Crippen LogP contribution in [0.3, 0.4) is 0 Å². The topological polar surface area (TPSA) is 169 Å². The summed E-state index contributed by atoms with van der Waals surface area (Å²) in [5.41, 5.74) is 0. The molecular formula is C63H125NO9. The lowest BCUT2D eigenvalue weighted by molar-refractivity contribution is -0.303. The highest BCUT2D eigenvalue weighted by Gasteiger charge is 2.44. The van der Waals surface area contributed by atoms with Gasteiger partial charge in [0.2, 0.25) is 5.91 Å². The molecule has 1 saturated heterocycles. The number of rotatable bonds is 57. The fourth-order valence-electron chi connectivity index (χ4n) is 10.9. The van der Waals surface area contributed by atoms with E-state index in [9.17, 15) is 35.4 Å². The summed E-state index contributed by atoms with van der Waals surface area (Å²) in [6.45, 7) is 3.66. The number of hydrogen-bond donors (Lipinski definition) is 7. The molecule has 1 amide bonds. The Morgan fingerprint density at radius 2 is 0.712 bits per heavy atom. The van der Waals surface area contributed by atoms with Crippen molar-refractivity contribution in [2.75, 3.05) is 13.2 Å². The van der Waals surface area contributed by atoms with Gasteiger partial charge in [0.1, 0.15) is 30.5 Å². The Morgan fingerprint density at radius 1 is 0.425 bits per heavy atom. The Kier molecular flexibility index (Phi) is 51.1. The van der Waals surface area contributed by atoms with Gasteiger partial charge in [-0.25, -0.2) is 0 Å². The van der Waals surface area contributed by atoms with Gasteiger partial charge >= 0.3 is 0 Å². The first-order valence-corrected chi connectivity index (χ1v) is 32.3. The third kappa shape index (κ3) is 41.9. The van der Waals surface area contributed by atoms with E-state index in [0.717, 1.165) is 38.5 Å². The van der Waals surface area contributed by atoms with Crippen LogP contribution < -0.4 is 5.32 Å². The van der Waals surface area contributed by atoms with Crippen molar-refractivity contribution in [2.24, 2.45) is 0 Å². The van der Waals surface area contributed by atoms with Crippen LogP contribution in [0.15, 0.2) is 0 Å². The number of carbonyl (C=O) groups excluding carboxylic acids is 1. The van der Waals surface area contributed by atoms with Crippen LogP contribution >= 0.6 is 0 Å². The zero-order valence-electron chi connectivity index (χ0n) is 48.3. The zero-order valence-corrected chi connectivity index (χ0v) is 48.3. The van der Waals surface area contributed by atoms with Gasteiger partial charge in [-0.15, -0.1) is 0 Å². The minimum atomic E-state index is -1.60. The van der Waals surface area contributed by atoms with E-state index in [0.29, 0.717) is 6.42 Å². The number of aliphatic hydroxyl groups is 6. The SMILES string of the molecule is CCCCCCCCCCCCCCCCCCCCCCCCCCCCCCCCCCCC(=O)N[C@@H](CO[C@@H]1O[C@H](CO)[C@@H](O)C(O)C1O)[C@H](O)[C@H](O)CCCCCCCCCCCCCCCCC. The Bertz CT molecular complexity index is 1130. The Labute approximate surface area is 451 Å². The molecule has 0 saturated carbocycles. The van der Waals surface area contributed by atoms with Crippen molar-refractivity contribution in [1.82, 2.24) is 5.32 Å². The quantitative estimate of drug-likeness (QED) is 0.0293. The molecule has 1 aliphatic heterocycles. The summed E-state index contributed by atoms with van der Waals surface area (Å²) in [4.78, 5) is 13.1. The van der Waals surface area contributed by atoms with Gasteiger partial charge in [-0.1, -0.05) is 316 Å². The smallest absolute Gasteiger partial charge is 0.220 e. The second kappa shape index (κ2) is 53.2. The highest BCUT2D eigenvalue weighted by atomic mass is 16.7. The lowest BCUT2D eigenvalue weighted by Gasteiger charge is -2.40. The normalized spacial score (nSPS) is 19.4. The molecule has 0 aliphatic carbocycles. The van der Waals surface area contributed by atoms with Crippen molar-refractivity contribution in [2.45, 2.75) is 384 Å². The lowest BCUT2D eigenvalue weighted by Crippen LogP contribution is -2.60. The van der Waals surface area contributed by atoms with Crippen molar-refractivity contribution in [1.29, 1.82) is 0 Å². The molecule has 1 aliphatic rings. The maximum Gasteiger partial charge on any atom is 0.220 e. The molecule has 1 heterocycles. The second-order valence-corrected chi connectivity index (χ2v) is 23.1. The summed E-state index contributed by atoms with van der Waals surface area (Å²) in [5, 5.41) is 65.6. The molecule has 0 aromatic carbocycles. The molecule has 0 spiro atoms. The molecular weight excluding hydrogens is 915 g/mol. The summed E-state index contributed by atoms with van der Waals surface area (Å²) in [5.74, 6) is -0.249. The molecule has 436 valence electrons. The van der Waals surface area contributed by atoms with Crippen molar-refractivity contribution < 1.29 is 44.9 Å². The highest BCUT2D eigenvalue weighted by Crippen LogP contribution is 2.24. The summed E-state index contributed by atoms with van der Waals surface area (Å²) in [6.07, 6.45) is 54.4. The Morgan fingerprint density at radius 3 is 1.01 bits per heavy atom. The van der Waals surface area contributed by atoms with Crippen LogP contribution in [0.1, 0.15) is 335 Å². The first-order valence-electron chi connectivity index (χ1n) is 32.3.